The van der Waals surface area contributed by atoms with Crippen LogP contribution in [-0.2, 0) is 11.2 Å². The summed E-state index contributed by atoms with van der Waals surface area (Å²) < 4.78 is 17.8. The Kier molecular flexibility index (Phi) is 7.28. The predicted octanol–water partition coefficient (Wildman–Crippen LogP) is 6.08. The molecule has 1 saturated heterocycles. The van der Waals surface area contributed by atoms with E-state index in [0.717, 1.165) is 24.5 Å². The van der Waals surface area contributed by atoms with Crippen LogP contribution in [0.25, 0.3) is 21.5 Å². The predicted molar refractivity (Wildman–Crippen MR) is 139 cm³/mol. The molecule has 0 unspecified atom stereocenters. The van der Waals surface area contributed by atoms with Gasteiger partial charge in [0, 0.05) is 31.2 Å². The van der Waals surface area contributed by atoms with Crippen LogP contribution in [0.2, 0.25) is 0 Å². The maximum atomic E-state index is 6.43. The second-order valence-electron chi connectivity index (χ2n) is 8.94. The Bertz CT molecular complexity index is 1250. The molecule has 0 aromatic heterocycles. The van der Waals surface area contributed by atoms with Gasteiger partial charge in [0.1, 0.15) is 24.7 Å². The summed E-state index contributed by atoms with van der Waals surface area (Å²) in [4.78, 5) is 2.49. The average molecular weight is 456 g/mol. The number of fused-ring (bicyclic) bond motifs is 2. The number of nitrogens with zero attached hydrogens (tertiary/aromatic N) is 1. The van der Waals surface area contributed by atoms with E-state index in [-0.39, 0.29) is 0 Å². The Balaban J connectivity index is 1.52. The number of hydrogen-bond acceptors (Lipinski definition) is 4. The Hall–Kier alpha value is -3.08. The lowest BCUT2D eigenvalue weighted by Gasteiger charge is -2.20. The summed E-state index contributed by atoms with van der Waals surface area (Å²) in [6.45, 7) is 5.14. The monoisotopic (exact) mass is 455 g/mol. The molecule has 5 rings (SSSR count). The topological polar surface area (TPSA) is 30.9 Å². The molecule has 1 heterocycles. The van der Waals surface area contributed by atoms with E-state index < -0.39 is 0 Å². The van der Waals surface area contributed by atoms with Crippen LogP contribution in [0.5, 0.6) is 11.5 Å². The Labute approximate surface area is 202 Å². The average Bonchev–Trinajstić information content (AvgIpc) is 3.40. The van der Waals surface area contributed by atoms with Crippen LogP contribution >= 0.6 is 0 Å². The molecule has 4 nitrogen and oxygen atoms in total. The number of methoxy groups -OCH3 is 1. The van der Waals surface area contributed by atoms with Gasteiger partial charge in [-0.3, -0.25) is 4.90 Å². The maximum Gasteiger partial charge on any atom is 0.123 e. The third kappa shape index (κ3) is 5.03. The smallest absolute Gasteiger partial charge is 0.123 e. The maximum absolute atomic E-state index is 6.43. The van der Waals surface area contributed by atoms with Crippen LogP contribution in [0.4, 0.5) is 0 Å². The van der Waals surface area contributed by atoms with Crippen molar-refractivity contribution in [3.8, 4) is 11.5 Å². The van der Waals surface area contributed by atoms with Crippen molar-refractivity contribution < 1.29 is 14.2 Å². The Morgan fingerprint density at radius 2 is 1.21 bits per heavy atom. The highest BCUT2D eigenvalue weighted by atomic mass is 16.5. The van der Waals surface area contributed by atoms with E-state index in [1.54, 1.807) is 7.11 Å². The van der Waals surface area contributed by atoms with Gasteiger partial charge in [0.2, 0.25) is 0 Å². The molecule has 0 N–H and O–H groups in total. The first-order valence-electron chi connectivity index (χ1n) is 12.3. The van der Waals surface area contributed by atoms with E-state index in [1.807, 2.05) is 0 Å². The molecule has 0 spiro atoms. The van der Waals surface area contributed by atoms with Gasteiger partial charge in [0.15, 0.2) is 0 Å². The number of benzene rings is 4. The molecule has 0 amide bonds. The standard InChI is InChI=1S/C30H33NO3/c1-32-20-21-34-30-15-13-24-9-3-5-11-26(24)28(30)22-27-25-10-4-2-8-23(25)12-14-29(27)33-19-18-31-16-6-7-17-31/h2-5,8-15H,6-7,16-22H2,1H3. The van der Waals surface area contributed by atoms with E-state index >= 15 is 0 Å². The van der Waals surface area contributed by atoms with Crippen LogP contribution in [0.15, 0.2) is 72.8 Å². The molecular formula is C30H33NO3. The summed E-state index contributed by atoms with van der Waals surface area (Å²) in [5.74, 6) is 1.88. The van der Waals surface area contributed by atoms with Crippen LogP contribution in [0, 0.1) is 0 Å². The molecule has 34 heavy (non-hydrogen) atoms. The third-order valence-electron chi connectivity index (χ3n) is 6.76. The third-order valence-corrected chi connectivity index (χ3v) is 6.76. The van der Waals surface area contributed by atoms with Gasteiger partial charge in [-0.05, 0) is 59.6 Å². The molecule has 4 aromatic carbocycles. The van der Waals surface area contributed by atoms with Crippen molar-refractivity contribution in [1.29, 1.82) is 0 Å². The Morgan fingerprint density at radius 3 is 1.79 bits per heavy atom. The van der Waals surface area contributed by atoms with Crippen LogP contribution in [0.3, 0.4) is 0 Å². The van der Waals surface area contributed by atoms with Crippen LogP contribution in [0.1, 0.15) is 24.0 Å². The second-order valence-corrected chi connectivity index (χ2v) is 8.94. The summed E-state index contributed by atoms with van der Waals surface area (Å²) in [5, 5.41) is 4.89. The zero-order chi connectivity index (χ0) is 23.2. The SMILES string of the molecule is COCCOc1ccc2ccccc2c1Cc1c(OCCN2CCCC2)ccc2ccccc12. The summed E-state index contributed by atoms with van der Waals surface area (Å²) in [5.41, 5.74) is 2.41. The number of likely N-dealkylation sites (tertiary alicyclic amines) is 1. The first-order chi connectivity index (χ1) is 16.8. The van der Waals surface area contributed by atoms with Gasteiger partial charge >= 0.3 is 0 Å². The van der Waals surface area contributed by atoms with Gasteiger partial charge in [-0.1, -0.05) is 60.7 Å². The fourth-order valence-electron chi connectivity index (χ4n) is 4.97. The van der Waals surface area contributed by atoms with E-state index in [2.05, 4.69) is 77.7 Å². The summed E-state index contributed by atoms with van der Waals surface area (Å²) in [6, 6.07) is 25.6. The number of ether oxygens (including phenoxy) is 3. The van der Waals surface area contributed by atoms with Crippen molar-refractivity contribution in [1.82, 2.24) is 4.90 Å². The number of rotatable bonds is 10. The highest BCUT2D eigenvalue weighted by Crippen LogP contribution is 2.36. The molecule has 0 radical (unpaired) electrons. The molecule has 0 atom stereocenters. The summed E-state index contributed by atoms with van der Waals surface area (Å²) in [7, 11) is 1.70. The van der Waals surface area contributed by atoms with E-state index in [9.17, 15) is 0 Å². The highest BCUT2D eigenvalue weighted by molar-refractivity contribution is 5.91. The first-order valence-corrected chi connectivity index (χ1v) is 12.3. The van der Waals surface area contributed by atoms with Crippen LogP contribution in [-0.4, -0.2) is 51.5 Å². The molecule has 0 bridgehead atoms. The molecular weight excluding hydrogens is 422 g/mol. The zero-order valence-electron chi connectivity index (χ0n) is 20.0. The molecule has 0 aliphatic carbocycles. The molecule has 1 fully saturated rings. The van der Waals surface area contributed by atoms with Crippen molar-refractivity contribution in [2.24, 2.45) is 0 Å². The molecule has 4 heteroatoms. The fourth-order valence-corrected chi connectivity index (χ4v) is 4.97. The van der Waals surface area contributed by atoms with Crippen molar-refractivity contribution in [3.63, 3.8) is 0 Å². The summed E-state index contributed by atoms with van der Waals surface area (Å²) >= 11 is 0. The highest BCUT2D eigenvalue weighted by Gasteiger charge is 2.17. The van der Waals surface area contributed by atoms with E-state index in [0.29, 0.717) is 19.8 Å². The fraction of sp³-hybridized carbons (Fsp3) is 0.333. The minimum atomic E-state index is 0.524. The first kappa shape index (κ1) is 22.7. The largest absolute Gasteiger partial charge is 0.492 e. The van der Waals surface area contributed by atoms with Gasteiger partial charge in [-0.15, -0.1) is 0 Å². The minimum Gasteiger partial charge on any atom is -0.492 e. The normalized spacial score (nSPS) is 14.1. The lowest BCUT2D eigenvalue weighted by Crippen LogP contribution is -2.25. The molecule has 0 saturated carbocycles. The van der Waals surface area contributed by atoms with E-state index in [1.165, 1.54) is 58.6 Å². The number of hydrogen-bond donors (Lipinski definition) is 0. The summed E-state index contributed by atoms with van der Waals surface area (Å²) in [6.07, 6.45) is 3.34. The van der Waals surface area contributed by atoms with Crippen molar-refractivity contribution in [3.05, 3.63) is 83.9 Å². The lowest BCUT2D eigenvalue weighted by molar-refractivity contribution is 0.146. The van der Waals surface area contributed by atoms with Gasteiger partial charge < -0.3 is 14.2 Å². The second kappa shape index (κ2) is 10.9. The molecule has 1 aliphatic rings. The van der Waals surface area contributed by atoms with Gasteiger partial charge in [0.25, 0.3) is 0 Å². The molecule has 1 aliphatic heterocycles. The quantitative estimate of drug-likeness (QED) is 0.271. The lowest BCUT2D eigenvalue weighted by atomic mass is 9.93. The minimum absolute atomic E-state index is 0.524. The molecule has 4 aromatic rings. The van der Waals surface area contributed by atoms with Gasteiger partial charge in [0.05, 0.1) is 6.61 Å². The zero-order valence-corrected chi connectivity index (χ0v) is 20.0. The van der Waals surface area contributed by atoms with Crippen molar-refractivity contribution in [2.45, 2.75) is 19.3 Å². The molecule has 176 valence electrons. The van der Waals surface area contributed by atoms with E-state index in [4.69, 9.17) is 14.2 Å². The van der Waals surface area contributed by atoms with Crippen LogP contribution < -0.4 is 9.47 Å². The van der Waals surface area contributed by atoms with Gasteiger partial charge in [-0.2, -0.15) is 0 Å². The Morgan fingerprint density at radius 1 is 0.647 bits per heavy atom. The van der Waals surface area contributed by atoms with Gasteiger partial charge in [-0.25, -0.2) is 0 Å². The van der Waals surface area contributed by atoms with Crippen molar-refractivity contribution in [2.75, 3.05) is 46.6 Å². The van der Waals surface area contributed by atoms with Crippen molar-refractivity contribution >= 4 is 21.5 Å².